The first-order valence-corrected chi connectivity index (χ1v) is 5.98. The maximum Gasteiger partial charge on any atom is 0.267 e. The highest BCUT2D eigenvalue weighted by Crippen LogP contribution is 2.18. The first kappa shape index (κ1) is 12.2. The number of anilines is 1. The molecule has 1 aromatic carbocycles. The molecule has 0 aliphatic heterocycles. The van der Waals surface area contributed by atoms with Crippen LogP contribution in [0.25, 0.3) is 10.9 Å². The molecule has 18 heavy (non-hydrogen) atoms. The Balaban J connectivity index is 2.08. The van der Waals surface area contributed by atoms with E-state index in [0.717, 1.165) is 17.3 Å². The van der Waals surface area contributed by atoms with Gasteiger partial charge in [0.25, 0.3) is 5.91 Å². The molecule has 1 heterocycles. The smallest absolute Gasteiger partial charge is 0.267 e. The maximum absolute atomic E-state index is 11.9. The van der Waals surface area contributed by atoms with Crippen molar-refractivity contribution in [1.29, 1.82) is 0 Å². The van der Waals surface area contributed by atoms with E-state index in [-0.39, 0.29) is 5.91 Å². The van der Waals surface area contributed by atoms with Crippen LogP contribution in [0.3, 0.4) is 0 Å². The average molecular weight is 243 g/mol. The number of aromatic nitrogens is 1. The molecule has 0 radical (unpaired) electrons. The van der Waals surface area contributed by atoms with Crippen LogP contribution in [0.1, 0.15) is 23.8 Å². The highest BCUT2D eigenvalue weighted by molar-refractivity contribution is 5.98. The lowest BCUT2D eigenvalue weighted by atomic mass is 10.2. The molecule has 2 aromatic rings. The van der Waals surface area contributed by atoms with Crippen molar-refractivity contribution in [2.45, 2.75) is 13.3 Å². The van der Waals surface area contributed by atoms with Gasteiger partial charge in [-0.3, -0.25) is 4.79 Å². The number of hydrogen-bond acceptors (Lipinski definition) is 2. The Kier molecular flexibility index (Phi) is 3.67. The van der Waals surface area contributed by atoms with Gasteiger partial charge in [-0.15, -0.1) is 0 Å². The molecule has 1 amide bonds. The average Bonchev–Trinajstić information content (AvgIpc) is 2.77. The number of allylic oxidation sites excluding steroid dienone is 1. The number of carbonyl (C=O) groups excluding carboxylic acids is 1. The Morgan fingerprint density at radius 3 is 3.06 bits per heavy atom. The fraction of sp³-hybridized carbons (Fsp3) is 0.214. The summed E-state index contributed by atoms with van der Waals surface area (Å²) in [6.45, 7) is 2.60. The molecule has 94 valence electrons. The first-order chi connectivity index (χ1) is 8.70. The molecule has 2 rings (SSSR count). The number of aromatic amines is 1. The lowest BCUT2D eigenvalue weighted by Crippen LogP contribution is -2.24. The number of nitrogens with two attached hydrogens (primary N) is 1. The predicted octanol–water partition coefficient (Wildman–Crippen LogP) is 2.45. The minimum atomic E-state index is -0.0886. The van der Waals surface area contributed by atoms with Gasteiger partial charge in [0.2, 0.25) is 0 Å². The van der Waals surface area contributed by atoms with Gasteiger partial charge >= 0.3 is 0 Å². The van der Waals surface area contributed by atoms with Crippen LogP contribution < -0.4 is 11.1 Å². The zero-order chi connectivity index (χ0) is 13.0. The van der Waals surface area contributed by atoms with Gasteiger partial charge in [-0.05, 0) is 37.6 Å². The molecule has 0 bridgehead atoms. The number of fused-ring (bicyclic) bond motifs is 1. The van der Waals surface area contributed by atoms with Crippen molar-refractivity contribution in [3.8, 4) is 0 Å². The second-order valence-corrected chi connectivity index (χ2v) is 4.14. The van der Waals surface area contributed by atoms with E-state index >= 15 is 0 Å². The minimum absolute atomic E-state index is 0.0886. The van der Waals surface area contributed by atoms with Crippen molar-refractivity contribution >= 4 is 22.5 Å². The molecular weight excluding hydrogens is 226 g/mol. The molecule has 0 aliphatic carbocycles. The highest BCUT2D eigenvalue weighted by atomic mass is 16.1. The molecule has 0 atom stereocenters. The summed E-state index contributed by atoms with van der Waals surface area (Å²) < 4.78 is 0. The number of carbonyl (C=O) groups is 1. The molecular formula is C14H17N3O. The van der Waals surface area contributed by atoms with Gasteiger partial charge in [-0.2, -0.15) is 0 Å². The Bertz CT molecular complexity index is 584. The van der Waals surface area contributed by atoms with Crippen LogP contribution in [0.15, 0.2) is 36.4 Å². The topological polar surface area (TPSA) is 70.9 Å². The van der Waals surface area contributed by atoms with Gasteiger partial charge in [0.1, 0.15) is 5.69 Å². The molecule has 1 aromatic heterocycles. The highest BCUT2D eigenvalue weighted by Gasteiger charge is 2.08. The third-order valence-electron chi connectivity index (χ3n) is 2.72. The summed E-state index contributed by atoms with van der Waals surface area (Å²) in [4.78, 5) is 14.9. The molecule has 0 fully saturated rings. The van der Waals surface area contributed by atoms with Crippen molar-refractivity contribution in [2.75, 3.05) is 12.3 Å². The zero-order valence-corrected chi connectivity index (χ0v) is 10.4. The van der Waals surface area contributed by atoms with E-state index in [1.165, 1.54) is 0 Å². The minimum Gasteiger partial charge on any atom is -0.399 e. The number of hydrogen-bond donors (Lipinski definition) is 3. The number of nitrogen functional groups attached to an aromatic ring is 1. The van der Waals surface area contributed by atoms with Gasteiger partial charge in [-0.1, -0.05) is 12.2 Å². The summed E-state index contributed by atoms with van der Waals surface area (Å²) in [6.07, 6.45) is 4.83. The Morgan fingerprint density at radius 2 is 2.28 bits per heavy atom. The quantitative estimate of drug-likeness (QED) is 0.438. The molecule has 0 saturated heterocycles. The van der Waals surface area contributed by atoms with E-state index in [9.17, 15) is 4.79 Å². The molecule has 4 nitrogen and oxygen atoms in total. The van der Waals surface area contributed by atoms with Crippen LogP contribution in [0.4, 0.5) is 5.69 Å². The summed E-state index contributed by atoms with van der Waals surface area (Å²) in [5.74, 6) is -0.0886. The molecule has 4 N–H and O–H groups in total. The van der Waals surface area contributed by atoms with Gasteiger partial charge in [-0.25, -0.2) is 0 Å². The van der Waals surface area contributed by atoms with Crippen LogP contribution in [0, 0.1) is 0 Å². The van der Waals surface area contributed by atoms with Crippen LogP contribution in [-0.4, -0.2) is 17.4 Å². The summed E-state index contributed by atoms with van der Waals surface area (Å²) >= 11 is 0. The van der Waals surface area contributed by atoms with Crippen LogP contribution in [0.5, 0.6) is 0 Å². The second-order valence-electron chi connectivity index (χ2n) is 4.14. The van der Waals surface area contributed by atoms with E-state index in [1.54, 1.807) is 0 Å². The SMILES string of the molecule is C/C=C/CCNC(=O)c1cc2cc(N)ccc2[nH]1. The van der Waals surface area contributed by atoms with E-state index in [0.29, 0.717) is 17.9 Å². The van der Waals surface area contributed by atoms with E-state index in [1.807, 2.05) is 43.3 Å². The largest absolute Gasteiger partial charge is 0.399 e. The van der Waals surface area contributed by atoms with Crippen molar-refractivity contribution < 1.29 is 4.79 Å². The summed E-state index contributed by atoms with van der Waals surface area (Å²) in [7, 11) is 0. The standard InChI is InChI=1S/C14H17N3O/c1-2-3-4-7-16-14(18)13-9-10-8-11(15)5-6-12(10)17-13/h2-3,5-6,8-9,17H,4,7,15H2,1H3,(H,16,18)/b3-2+. The van der Waals surface area contributed by atoms with Crippen molar-refractivity contribution in [3.05, 3.63) is 42.1 Å². The lowest BCUT2D eigenvalue weighted by Gasteiger charge is -2.00. The van der Waals surface area contributed by atoms with Gasteiger partial charge in [0, 0.05) is 23.1 Å². The Labute approximate surface area is 106 Å². The number of H-pyrrole nitrogens is 1. The second kappa shape index (κ2) is 5.40. The van der Waals surface area contributed by atoms with E-state index in [4.69, 9.17) is 5.73 Å². The van der Waals surface area contributed by atoms with Gasteiger partial charge in [0.05, 0.1) is 0 Å². The summed E-state index contributed by atoms with van der Waals surface area (Å²) in [5, 5.41) is 3.81. The number of benzene rings is 1. The fourth-order valence-electron chi connectivity index (χ4n) is 1.80. The van der Waals surface area contributed by atoms with E-state index < -0.39 is 0 Å². The van der Waals surface area contributed by atoms with Crippen LogP contribution in [-0.2, 0) is 0 Å². The summed E-state index contributed by atoms with van der Waals surface area (Å²) in [6, 6.07) is 7.35. The third kappa shape index (κ3) is 2.71. The Morgan fingerprint density at radius 1 is 1.44 bits per heavy atom. The van der Waals surface area contributed by atoms with Crippen molar-refractivity contribution in [3.63, 3.8) is 0 Å². The predicted molar refractivity (Wildman–Crippen MR) is 74.5 cm³/mol. The molecule has 0 unspecified atom stereocenters. The van der Waals surface area contributed by atoms with Crippen LogP contribution in [0.2, 0.25) is 0 Å². The van der Waals surface area contributed by atoms with Gasteiger partial charge in [0.15, 0.2) is 0 Å². The number of amides is 1. The van der Waals surface area contributed by atoms with E-state index in [2.05, 4.69) is 10.3 Å². The van der Waals surface area contributed by atoms with Crippen molar-refractivity contribution in [2.24, 2.45) is 0 Å². The molecule has 0 saturated carbocycles. The molecule has 4 heteroatoms. The summed E-state index contributed by atoms with van der Waals surface area (Å²) in [5.41, 5.74) is 7.88. The van der Waals surface area contributed by atoms with Crippen molar-refractivity contribution in [1.82, 2.24) is 10.3 Å². The number of rotatable bonds is 4. The maximum atomic E-state index is 11.9. The first-order valence-electron chi connectivity index (χ1n) is 5.98. The Hall–Kier alpha value is -2.23. The third-order valence-corrected chi connectivity index (χ3v) is 2.72. The lowest BCUT2D eigenvalue weighted by molar-refractivity contribution is 0.0950. The molecule has 0 aliphatic rings. The van der Waals surface area contributed by atoms with Gasteiger partial charge < -0.3 is 16.0 Å². The fourth-order valence-corrected chi connectivity index (χ4v) is 1.80. The number of nitrogens with one attached hydrogen (secondary N) is 2. The monoisotopic (exact) mass is 243 g/mol. The zero-order valence-electron chi connectivity index (χ0n) is 10.4. The molecule has 0 spiro atoms. The normalized spacial score (nSPS) is 11.2. The van der Waals surface area contributed by atoms with Crippen LogP contribution >= 0.6 is 0 Å².